The van der Waals surface area contributed by atoms with Crippen molar-refractivity contribution in [3.8, 4) is 11.4 Å². The number of hydrogen-bond acceptors (Lipinski definition) is 4. The van der Waals surface area contributed by atoms with Gasteiger partial charge >= 0.3 is 6.18 Å². The maximum absolute atomic E-state index is 13.8. The number of nitrogens with zero attached hydrogens (tertiary/aromatic N) is 3. The summed E-state index contributed by atoms with van der Waals surface area (Å²) in [4.78, 5) is 14.3. The van der Waals surface area contributed by atoms with Crippen molar-refractivity contribution < 1.29 is 22.3 Å². The summed E-state index contributed by atoms with van der Waals surface area (Å²) in [5.74, 6) is 1.05. The van der Waals surface area contributed by atoms with Crippen molar-refractivity contribution in [2.24, 2.45) is 0 Å². The number of alkyl halides is 3. The van der Waals surface area contributed by atoms with E-state index in [1.807, 2.05) is 30.3 Å². The van der Waals surface area contributed by atoms with Crippen LogP contribution in [0.5, 0.6) is 0 Å². The Kier molecular flexibility index (Phi) is 6.08. The van der Waals surface area contributed by atoms with Gasteiger partial charge in [0.15, 0.2) is 0 Å². The Balaban J connectivity index is 1.06. The number of imidazole rings is 1. The molecule has 1 N–H and O–H groups in total. The van der Waals surface area contributed by atoms with Crippen molar-refractivity contribution in [1.82, 2.24) is 15.0 Å². The molecule has 2 aromatic heterocycles. The summed E-state index contributed by atoms with van der Waals surface area (Å²) in [6, 6.07) is 22.3. The molecule has 0 aliphatic carbocycles. The molecule has 41 heavy (non-hydrogen) atoms. The molecule has 0 bridgehead atoms. The second-order valence-corrected chi connectivity index (χ2v) is 10.7. The molecule has 3 aromatic carbocycles. The van der Waals surface area contributed by atoms with Gasteiger partial charge in [-0.3, -0.25) is 0 Å². The number of fused-ring (bicyclic) bond motifs is 3. The molecule has 1 unspecified atom stereocenters. The first-order valence-electron chi connectivity index (χ1n) is 13.6. The van der Waals surface area contributed by atoms with Crippen LogP contribution in [0, 0.1) is 5.82 Å². The van der Waals surface area contributed by atoms with Crippen molar-refractivity contribution in [1.29, 1.82) is 0 Å². The number of halogens is 4. The van der Waals surface area contributed by atoms with Gasteiger partial charge in [-0.2, -0.15) is 13.2 Å². The fourth-order valence-corrected chi connectivity index (χ4v) is 6.14. The minimum Gasteiger partial charge on any atom is -0.362 e. The second kappa shape index (κ2) is 9.69. The lowest BCUT2D eigenvalue weighted by Crippen LogP contribution is -2.43. The highest BCUT2D eigenvalue weighted by atomic mass is 19.4. The number of nitrogens with one attached hydrogen (secondary N) is 1. The average Bonchev–Trinajstić information content (AvgIpc) is 3.53. The van der Waals surface area contributed by atoms with Crippen LogP contribution in [0.1, 0.15) is 41.2 Å². The third kappa shape index (κ3) is 4.74. The van der Waals surface area contributed by atoms with Crippen LogP contribution >= 0.6 is 0 Å². The van der Waals surface area contributed by atoms with Crippen molar-refractivity contribution in [3.63, 3.8) is 0 Å². The number of H-pyrrole nitrogens is 1. The van der Waals surface area contributed by atoms with Crippen molar-refractivity contribution in [2.45, 2.75) is 37.1 Å². The Morgan fingerprint density at radius 3 is 2.54 bits per heavy atom. The monoisotopic (exact) mass is 558 g/mol. The van der Waals surface area contributed by atoms with E-state index in [2.05, 4.69) is 32.0 Å². The summed E-state index contributed by atoms with van der Waals surface area (Å²) in [5.41, 5.74) is 3.66. The standard InChI is InChI=1S/C32H26F4N4O/c33-23-5-3-4-20(16-23)17-28-24-6-1-2-7-25(24)31(41-28)12-14-40(15-13-31)29-11-8-21(19-37-29)30-38-26-10-9-22(32(34,35)36)18-27(26)39-30/h1-11,16,18-19,28H,12-15,17H2,(H,38,39). The van der Waals surface area contributed by atoms with Crippen LogP contribution in [0.3, 0.4) is 0 Å². The number of ether oxygens (including phenoxy) is 1. The molecule has 1 fully saturated rings. The highest BCUT2D eigenvalue weighted by molar-refractivity contribution is 5.80. The maximum Gasteiger partial charge on any atom is 0.416 e. The molecule has 9 heteroatoms. The summed E-state index contributed by atoms with van der Waals surface area (Å²) >= 11 is 0. The smallest absolute Gasteiger partial charge is 0.362 e. The van der Waals surface area contributed by atoms with E-state index in [9.17, 15) is 17.6 Å². The van der Waals surface area contributed by atoms with Gasteiger partial charge in [0.2, 0.25) is 0 Å². The molecule has 7 rings (SSSR count). The van der Waals surface area contributed by atoms with E-state index < -0.39 is 17.3 Å². The van der Waals surface area contributed by atoms with Gasteiger partial charge in [-0.25, -0.2) is 14.4 Å². The van der Waals surface area contributed by atoms with E-state index in [1.54, 1.807) is 18.3 Å². The normalized spacial score (nSPS) is 18.2. The number of rotatable bonds is 4. The number of pyridine rings is 1. The summed E-state index contributed by atoms with van der Waals surface area (Å²) < 4.78 is 59.9. The fourth-order valence-electron chi connectivity index (χ4n) is 6.14. The third-order valence-corrected chi connectivity index (χ3v) is 8.20. The third-order valence-electron chi connectivity index (χ3n) is 8.20. The average molecular weight is 559 g/mol. The van der Waals surface area contributed by atoms with Crippen LogP contribution in [0.25, 0.3) is 22.4 Å². The Morgan fingerprint density at radius 2 is 1.78 bits per heavy atom. The molecule has 0 radical (unpaired) electrons. The van der Waals surface area contributed by atoms with E-state index in [1.165, 1.54) is 23.3 Å². The molecule has 2 aliphatic heterocycles. The molecular formula is C32H26F4N4O. The van der Waals surface area contributed by atoms with E-state index in [0.29, 0.717) is 28.8 Å². The molecular weight excluding hydrogens is 532 g/mol. The highest BCUT2D eigenvalue weighted by Gasteiger charge is 2.46. The minimum atomic E-state index is -4.41. The molecule has 5 aromatic rings. The van der Waals surface area contributed by atoms with Gasteiger partial charge in [0.05, 0.1) is 28.3 Å². The lowest BCUT2D eigenvalue weighted by atomic mass is 9.83. The first kappa shape index (κ1) is 25.7. The molecule has 208 valence electrons. The van der Waals surface area contributed by atoms with Crippen LogP contribution in [0.4, 0.5) is 23.4 Å². The van der Waals surface area contributed by atoms with Crippen LogP contribution < -0.4 is 4.90 Å². The maximum atomic E-state index is 13.8. The lowest BCUT2D eigenvalue weighted by molar-refractivity contribution is -0.137. The summed E-state index contributed by atoms with van der Waals surface area (Å²) in [6.45, 7) is 1.50. The molecule has 4 heterocycles. The zero-order valence-corrected chi connectivity index (χ0v) is 22.0. The van der Waals surface area contributed by atoms with Crippen molar-refractivity contribution in [3.05, 3.63) is 113 Å². The molecule has 1 saturated heterocycles. The number of piperidine rings is 1. The predicted molar refractivity (Wildman–Crippen MR) is 148 cm³/mol. The van der Waals surface area contributed by atoms with Gasteiger partial charge < -0.3 is 14.6 Å². The fraction of sp³-hybridized carbons (Fsp3) is 0.250. The van der Waals surface area contributed by atoms with Gasteiger partial charge in [0.25, 0.3) is 0 Å². The second-order valence-electron chi connectivity index (χ2n) is 10.7. The SMILES string of the molecule is Fc1cccc(CC2OC3(CCN(c4ccc(-c5nc6ccc(C(F)(F)F)cc6[nH]5)cn4)CC3)c3ccccc32)c1. The summed E-state index contributed by atoms with van der Waals surface area (Å²) in [5, 5.41) is 0. The largest absolute Gasteiger partial charge is 0.416 e. The van der Waals surface area contributed by atoms with Crippen molar-refractivity contribution >= 4 is 16.9 Å². The summed E-state index contributed by atoms with van der Waals surface area (Å²) in [6.07, 6.45) is -0.658. The number of anilines is 1. The zero-order valence-electron chi connectivity index (χ0n) is 22.0. The van der Waals surface area contributed by atoms with Crippen LogP contribution in [-0.4, -0.2) is 28.0 Å². The molecule has 0 amide bonds. The Hall–Kier alpha value is -4.24. The first-order valence-corrected chi connectivity index (χ1v) is 13.6. The quantitative estimate of drug-likeness (QED) is 0.231. The van der Waals surface area contributed by atoms with Gasteiger partial charge in [-0.1, -0.05) is 36.4 Å². The van der Waals surface area contributed by atoms with Crippen LogP contribution in [0.2, 0.25) is 0 Å². The van der Waals surface area contributed by atoms with E-state index >= 15 is 0 Å². The van der Waals surface area contributed by atoms with Gasteiger partial charge in [-0.05, 0) is 72.0 Å². The van der Waals surface area contributed by atoms with Gasteiger partial charge in [0, 0.05) is 31.3 Å². The molecule has 1 spiro atoms. The topological polar surface area (TPSA) is 54.0 Å². The lowest BCUT2D eigenvalue weighted by Gasteiger charge is -2.40. The minimum absolute atomic E-state index is 0.132. The number of hydrogen-bond donors (Lipinski definition) is 1. The molecule has 0 saturated carbocycles. The van der Waals surface area contributed by atoms with Gasteiger partial charge in [0.1, 0.15) is 17.5 Å². The Bertz CT molecular complexity index is 1720. The van der Waals surface area contributed by atoms with E-state index in [0.717, 1.165) is 49.4 Å². The Morgan fingerprint density at radius 1 is 0.951 bits per heavy atom. The van der Waals surface area contributed by atoms with Crippen molar-refractivity contribution in [2.75, 3.05) is 18.0 Å². The Labute approximate surface area is 233 Å². The summed E-state index contributed by atoms with van der Waals surface area (Å²) in [7, 11) is 0. The number of benzene rings is 3. The van der Waals surface area contributed by atoms with Crippen LogP contribution in [0.15, 0.2) is 85.1 Å². The number of aromatic amines is 1. The highest BCUT2D eigenvalue weighted by Crippen LogP contribution is 2.50. The molecule has 1 atom stereocenters. The first-order chi connectivity index (χ1) is 19.8. The molecule has 2 aliphatic rings. The number of aromatic nitrogens is 3. The zero-order chi connectivity index (χ0) is 28.2. The molecule has 5 nitrogen and oxygen atoms in total. The predicted octanol–water partition coefficient (Wildman–Crippen LogP) is 7.59. The van der Waals surface area contributed by atoms with Crippen LogP contribution in [-0.2, 0) is 22.9 Å². The van der Waals surface area contributed by atoms with E-state index in [-0.39, 0.29) is 11.9 Å². The van der Waals surface area contributed by atoms with Gasteiger partial charge in [-0.15, -0.1) is 0 Å². The van der Waals surface area contributed by atoms with E-state index in [4.69, 9.17) is 4.74 Å².